The molecule has 0 amide bonds. The number of nitrogens with zero attached hydrogens (tertiary/aromatic N) is 2. The molecule has 0 atom stereocenters. The van der Waals surface area contributed by atoms with Crippen molar-refractivity contribution in [1.29, 1.82) is 0 Å². The maximum Gasteiger partial charge on any atom is 0.338 e. The van der Waals surface area contributed by atoms with E-state index in [-0.39, 0.29) is 11.1 Å². The highest BCUT2D eigenvalue weighted by atomic mass is 79.9. The Balaban J connectivity index is 2.77. The summed E-state index contributed by atoms with van der Waals surface area (Å²) in [5.74, 6) is -1.13. The van der Waals surface area contributed by atoms with Crippen LogP contribution >= 0.6 is 15.9 Å². The first kappa shape index (κ1) is 14.5. The fourth-order valence-electron chi connectivity index (χ4n) is 2.12. The normalized spacial score (nSPS) is 10.6. The lowest BCUT2D eigenvalue weighted by Gasteiger charge is -2.12. The second-order valence-electron chi connectivity index (χ2n) is 4.54. The number of carboxylic acids is 1. The summed E-state index contributed by atoms with van der Waals surface area (Å²) in [5, 5.41) is 13.3. The van der Waals surface area contributed by atoms with E-state index >= 15 is 0 Å². The first-order valence-corrected chi connectivity index (χ1v) is 6.72. The Morgan fingerprint density at radius 3 is 2.50 bits per heavy atom. The Bertz CT molecular complexity index is 766. The van der Waals surface area contributed by atoms with Crippen molar-refractivity contribution in [1.82, 2.24) is 9.78 Å². The molecule has 5 nitrogen and oxygen atoms in total. The number of aromatic carboxylic acids is 1. The van der Waals surface area contributed by atoms with E-state index in [0.717, 1.165) is 10.0 Å². The molecular weight excluding hydrogens is 324 g/mol. The third-order valence-electron chi connectivity index (χ3n) is 3.10. The van der Waals surface area contributed by atoms with Crippen molar-refractivity contribution in [3.63, 3.8) is 0 Å². The number of carbonyl (C=O) groups is 1. The molecule has 2 aromatic rings. The van der Waals surface area contributed by atoms with Crippen LogP contribution in [-0.4, -0.2) is 20.9 Å². The van der Waals surface area contributed by atoms with Crippen molar-refractivity contribution in [2.24, 2.45) is 0 Å². The highest BCUT2D eigenvalue weighted by Crippen LogP contribution is 2.18. The molecule has 0 aliphatic carbocycles. The third kappa shape index (κ3) is 2.38. The minimum Gasteiger partial charge on any atom is -0.478 e. The van der Waals surface area contributed by atoms with E-state index in [0.29, 0.717) is 11.4 Å². The summed E-state index contributed by atoms with van der Waals surface area (Å²) in [6, 6.07) is 5.46. The van der Waals surface area contributed by atoms with Crippen LogP contribution in [0.2, 0.25) is 0 Å². The number of aromatic nitrogens is 2. The zero-order valence-electron chi connectivity index (χ0n) is 11.3. The molecule has 2 rings (SSSR count). The zero-order valence-corrected chi connectivity index (χ0v) is 12.9. The predicted molar refractivity (Wildman–Crippen MR) is 78.7 cm³/mol. The van der Waals surface area contributed by atoms with Gasteiger partial charge in [0.15, 0.2) is 0 Å². The summed E-state index contributed by atoms with van der Waals surface area (Å²) in [6.45, 7) is 4.95. The number of hydrogen-bond acceptors (Lipinski definition) is 3. The second kappa shape index (κ2) is 5.20. The molecule has 0 unspecified atom stereocenters. The van der Waals surface area contributed by atoms with Gasteiger partial charge in [0.05, 0.1) is 16.9 Å². The molecule has 1 heterocycles. The van der Waals surface area contributed by atoms with E-state index in [1.165, 1.54) is 11.6 Å². The number of halogens is 1. The molecule has 6 heteroatoms. The number of rotatable bonds is 2. The molecule has 1 N–H and O–H groups in total. The molecule has 1 aromatic heterocycles. The Morgan fingerprint density at radius 1 is 1.30 bits per heavy atom. The minimum atomic E-state index is -1.13. The van der Waals surface area contributed by atoms with Gasteiger partial charge in [0.2, 0.25) is 0 Å². The van der Waals surface area contributed by atoms with Gasteiger partial charge in [-0.05, 0) is 44.5 Å². The third-order valence-corrected chi connectivity index (χ3v) is 3.59. The van der Waals surface area contributed by atoms with Gasteiger partial charge in [0.25, 0.3) is 5.56 Å². The number of hydrogen-bond donors (Lipinski definition) is 1. The summed E-state index contributed by atoms with van der Waals surface area (Å²) in [5.41, 5.74) is 1.57. The SMILES string of the molecule is Cc1cc(Br)ccc1-n1nc(C)c(C(=O)O)c(C)c1=O. The molecule has 0 aliphatic rings. The molecule has 0 saturated heterocycles. The molecule has 0 fully saturated rings. The summed E-state index contributed by atoms with van der Waals surface area (Å²) in [6.07, 6.45) is 0. The highest BCUT2D eigenvalue weighted by Gasteiger charge is 2.18. The maximum atomic E-state index is 12.3. The molecule has 0 bridgehead atoms. The molecule has 20 heavy (non-hydrogen) atoms. The van der Waals surface area contributed by atoms with Gasteiger partial charge in [-0.1, -0.05) is 15.9 Å². The Hall–Kier alpha value is -1.95. The van der Waals surface area contributed by atoms with Crippen molar-refractivity contribution in [2.45, 2.75) is 20.8 Å². The molecule has 1 aromatic carbocycles. The lowest BCUT2D eigenvalue weighted by atomic mass is 10.1. The fraction of sp³-hybridized carbons (Fsp3) is 0.214. The van der Waals surface area contributed by atoms with Crippen LogP contribution in [0.4, 0.5) is 0 Å². The molecule has 0 spiro atoms. The van der Waals surface area contributed by atoms with Crippen LogP contribution in [0.15, 0.2) is 27.5 Å². The topological polar surface area (TPSA) is 72.2 Å². The van der Waals surface area contributed by atoms with Crippen LogP contribution in [0.25, 0.3) is 5.69 Å². The minimum absolute atomic E-state index is 0.0268. The lowest BCUT2D eigenvalue weighted by Crippen LogP contribution is -2.28. The average Bonchev–Trinajstić information content (AvgIpc) is 2.34. The molecular formula is C14H13BrN2O3. The van der Waals surface area contributed by atoms with E-state index in [9.17, 15) is 9.59 Å². The second-order valence-corrected chi connectivity index (χ2v) is 5.45. The summed E-state index contributed by atoms with van der Waals surface area (Å²) >= 11 is 3.36. The lowest BCUT2D eigenvalue weighted by molar-refractivity contribution is 0.0694. The first-order valence-electron chi connectivity index (χ1n) is 5.93. The van der Waals surface area contributed by atoms with Crippen LogP contribution in [0.5, 0.6) is 0 Å². The quantitative estimate of drug-likeness (QED) is 0.914. The largest absolute Gasteiger partial charge is 0.478 e. The van der Waals surface area contributed by atoms with Gasteiger partial charge in [-0.25, -0.2) is 4.79 Å². The average molecular weight is 337 g/mol. The Morgan fingerprint density at radius 2 is 1.95 bits per heavy atom. The molecule has 104 valence electrons. The van der Waals surface area contributed by atoms with Gasteiger partial charge in [-0.15, -0.1) is 0 Å². The zero-order chi connectivity index (χ0) is 15.0. The van der Waals surface area contributed by atoms with Gasteiger partial charge in [0, 0.05) is 10.0 Å². The fourth-order valence-corrected chi connectivity index (χ4v) is 2.59. The number of benzene rings is 1. The van der Waals surface area contributed by atoms with Crippen LogP contribution in [0, 0.1) is 20.8 Å². The van der Waals surface area contributed by atoms with E-state index in [1.807, 2.05) is 19.1 Å². The van der Waals surface area contributed by atoms with Gasteiger partial charge < -0.3 is 5.11 Å². The van der Waals surface area contributed by atoms with Crippen LogP contribution in [-0.2, 0) is 0 Å². The summed E-state index contributed by atoms with van der Waals surface area (Å²) in [4.78, 5) is 23.5. The molecule has 0 saturated carbocycles. The van der Waals surface area contributed by atoms with Crippen molar-refractivity contribution in [2.75, 3.05) is 0 Å². The Kier molecular flexibility index (Phi) is 3.76. The predicted octanol–water partition coefficient (Wildman–Crippen LogP) is 2.62. The van der Waals surface area contributed by atoms with Crippen LogP contribution in [0.1, 0.15) is 27.2 Å². The summed E-state index contributed by atoms with van der Waals surface area (Å²) < 4.78 is 2.15. The monoisotopic (exact) mass is 336 g/mol. The Labute approximate surface area is 124 Å². The molecule has 0 radical (unpaired) electrons. The van der Waals surface area contributed by atoms with Crippen molar-refractivity contribution < 1.29 is 9.90 Å². The van der Waals surface area contributed by atoms with Gasteiger partial charge in [-0.3, -0.25) is 4.79 Å². The van der Waals surface area contributed by atoms with Gasteiger partial charge in [-0.2, -0.15) is 9.78 Å². The van der Waals surface area contributed by atoms with E-state index in [4.69, 9.17) is 5.11 Å². The summed E-state index contributed by atoms with van der Waals surface area (Å²) in [7, 11) is 0. The smallest absolute Gasteiger partial charge is 0.338 e. The standard InChI is InChI=1S/C14H13BrN2O3/c1-7-6-10(15)4-5-11(7)17-13(18)8(2)12(14(19)20)9(3)16-17/h4-6H,1-3H3,(H,19,20). The maximum absolute atomic E-state index is 12.3. The van der Waals surface area contributed by atoms with E-state index < -0.39 is 11.5 Å². The van der Waals surface area contributed by atoms with Crippen molar-refractivity contribution in [3.8, 4) is 5.69 Å². The van der Waals surface area contributed by atoms with Gasteiger partial charge in [0.1, 0.15) is 0 Å². The van der Waals surface area contributed by atoms with Crippen LogP contribution in [0.3, 0.4) is 0 Å². The van der Waals surface area contributed by atoms with Crippen molar-refractivity contribution >= 4 is 21.9 Å². The molecule has 0 aliphatic heterocycles. The first-order chi connectivity index (χ1) is 9.32. The van der Waals surface area contributed by atoms with E-state index in [2.05, 4.69) is 21.0 Å². The van der Waals surface area contributed by atoms with E-state index in [1.54, 1.807) is 13.0 Å². The highest BCUT2D eigenvalue weighted by molar-refractivity contribution is 9.10. The van der Waals surface area contributed by atoms with Crippen molar-refractivity contribution in [3.05, 3.63) is 55.4 Å². The van der Waals surface area contributed by atoms with Gasteiger partial charge >= 0.3 is 5.97 Å². The van der Waals surface area contributed by atoms with Crippen LogP contribution < -0.4 is 5.56 Å². The number of aryl methyl sites for hydroxylation is 2. The number of carboxylic acid groups (broad SMARTS) is 1.